The fourth-order valence-electron chi connectivity index (χ4n) is 3.14. The Morgan fingerprint density at radius 1 is 1.00 bits per heavy atom. The third kappa shape index (κ3) is 3.54. The van der Waals surface area contributed by atoms with Crippen molar-refractivity contribution in [1.82, 2.24) is 4.90 Å². The Bertz CT molecular complexity index is 405. The normalized spacial score (nSPS) is 24.9. The van der Waals surface area contributed by atoms with Gasteiger partial charge in [-0.2, -0.15) is 0 Å². The largest absolute Gasteiger partial charge is 0.489 e. The van der Waals surface area contributed by atoms with Gasteiger partial charge in [-0.1, -0.05) is 39.0 Å². The molecule has 0 spiro atoms. The van der Waals surface area contributed by atoms with E-state index in [9.17, 15) is 0 Å². The van der Waals surface area contributed by atoms with E-state index < -0.39 is 0 Å². The minimum Gasteiger partial charge on any atom is -0.489 e. The summed E-state index contributed by atoms with van der Waals surface area (Å²) in [4.78, 5) is 2.61. The molecule has 0 bridgehead atoms. The zero-order valence-electron chi connectivity index (χ0n) is 13.8. The maximum Gasteiger partial charge on any atom is 0.119 e. The molecule has 2 atom stereocenters. The molecule has 2 rings (SSSR count). The van der Waals surface area contributed by atoms with Crippen LogP contribution in [0.3, 0.4) is 0 Å². The fourth-order valence-corrected chi connectivity index (χ4v) is 3.14. The summed E-state index contributed by atoms with van der Waals surface area (Å²) < 4.78 is 6.18. The van der Waals surface area contributed by atoms with Crippen LogP contribution in [0.15, 0.2) is 30.3 Å². The quantitative estimate of drug-likeness (QED) is 0.795. The second kappa shape index (κ2) is 5.40. The monoisotopic (exact) mass is 275 g/mol. The van der Waals surface area contributed by atoms with Gasteiger partial charge in [-0.05, 0) is 38.3 Å². The van der Waals surface area contributed by atoms with Crippen LogP contribution in [0.2, 0.25) is 0 Å². The summed E-state index contributed by atoms with van der Waals surface area (Å²) in [7, 11) is 0. The van der Waals surface area contributed by atoms with Crippen molar-refractivity contribution < 1.29 is 4.74 Å². The van der Waals surface area contributed by atoms with Gasteiger partial charge in [0.25, 0.3) is 0 Å². The summed E-state index contributed by atoms with van der Waals surface area (Å²) in [5.74, 6) is 0.987. The number of nitrogens with zero attached hydrogens (tertiary/aromatic N) is 1. The van der Waals surface area contributed by atoms with Gasteiger partial charge in [0.1, 0.15) is 11.9 Å². The van der Waals surface area contributed by atoms with Crippen LogP contribution < -0.4 is 4.74 Å². The van der Waals surface area contributed by atoms with Crippen LogP contribution in [-0.4, -0.2) is 29.1 Å². The molecule has 2 nitrogen and oxygen atoms in total. The van der Waals surface area contributed by atoms with Gasteiger partial charge in [-0.15, -0.1) is 0 Å². The summed E-state index contributed by atoms with van der Waals surface area (Å²) in [6, 6.07) is 10.8. The Hall–Kier alpha value is -1.02. The molecule has 1 aliphatic rings. The van der Waals surface area contributed by atoms with Crippen LogP contribution in [0.4, 0.5) is 0 Å². The van der Waals surface area contributed by atoms with Crippen LogP contribution in [0.25, 0.3) is 0 Å². The first-order valence-corrected chi connectivity index (χ1v) is 7.66. The first kappa shape index (κ1) is 15.4. The average Bonchev–Trinajstić information content (AvgIpc) is 2.74. The van der Waals surface area contributed by atoms with Crippen LogP contribution in [0, 0.1) is 5.41 Å². The summed E-state index contributed by atoms with van der Waals surface area (Å²) in [6.45, 7) is 14.9. The van der Waals surface area contributed by atoms with Gasteiger partial charge in [0.15, 0.2) is 0 Å². The molecule has 0 amide bonds. The lowest BCUT2D eigenvalue weighted by atomic mass is 9.83. The molecule has 112 valence electrons. The van der Waals surface area contributed by atoms with Gasteiger partial charge < -0.3 is 4.74 Å². The molecule has 1 aromatic rings. The maximum absolute atomic E-state index is 6.18. The Labute approximate surface area is 124 Å². The van der Waals surface area contributed by atoms with Crippen molar-refractivity contribution in [3.05, 3.63) is 30.3 Å². The molecule has 2 unspecified atom stereocenters. The number of hydrogen-bond acceptors (Lipinski definition) is 2. The van der Waals surface area contributed by atoms with Gasteiger partial charge >= 0.3 is 0 Å². The lowest BCUT2D eigenvalue weighted by molar-refractivity contribution is 0.0559. The summed E-state index contributed by atoms with van der Waals surface area (Å²) in [5.41, 5.74) is 0.467. The van der Waals surface area contributed by atoms with Crippen molar-refractivity contribution in [2.45, 2.75) is 65.6 Å². The molecule has 20 heavy (non-hydrogen) atoms. The molecular weight excluding hydrogens is 246 g/mol. The topological polar surface area (TPSA) is 12.5 Å². The number of para-hydroxylation sites is 1. The van der Waals surface area contributed by atoms with Gasteiger partial charge in [0, 0.05) is 24.5 Å². The third-order valence-corrected chi connectivity index (χ3v) is 4.17. The number of hydrogen-bond donors (Lipinski definition) is 0. The SMILES string of the molecule is CC(C)(C)C1CC(Oc2ccccc2)CN1C(C)(C)C. The Morgan fingerprint density at radius 2 is 1.60 bits per heavy atom. The minimum absolute atomic E-state index is 0.187. The van der Waals surface area contributed by atoms with Crippen LogP contribution in [-0.2, 0) is 0 Å². The number of rotatable bonds is 2. The van der Waals surface area contributed by atoms with Gasteiger partial charge in [0.2, 0.25) is 0 Å². The highest BCUT2D eigenvalue weighted by Crippen LogP contribution is 2.38. The summed E-state index contributed by atoms with van der Waals surface area (Å²) in [5, 5.41) is 0. The molecule has 1 aliphatic heterocycles. The van der Waals surface area contributed by atoms with Crippen molar-refractivity contribution in [3.8, 4) is 5.75 Å². The van der Waals surface area contributed by atoms with Crippen molar-refractivity contribution in [1.29, 1.82) is 0 Å². The molecular formula is C18H29NO. The summed E-state index contributed by atoms with van der Waals surface area (Å²) in [6.07, 6.45) is 1.40. The van der Waals surface area contributed by atoms with E-state index in [0.29, 0.717) is 12.1 Å². The Balaban J connectivity index is 2.12. The second-order valence-electron chi connectivity index (χ2n) is 7.99. The predicted octanol–water partition coefficient (Wildman–Crippen LogP) is 4.35. The second-order valence-corrected chi connectivity index (χ2v) is 7.99. The third-order valence-electron chi connectivity index (χ3n) is 4.17. The van der Waals surface area contributed by atoms with Crippen molar-refractivity contribution in [2.75, 3.05) is 6.54 Å². The first-order valence-electron chi connectivity index (χ1n) is 7.66. The van der Waals surface area contributed by atoms with Crippen LogP contribution >= 0.6 is 0 Å². The number of ether oxygens (including phenoxy) is 1. The lowest BCUT2D eigenvalue weighted by Gasteiger charge is -2.42. The van der Waals surface area contributed by atoms with E-state index in [2.05, 4.69) is 46.4 Å². The van der Waals surface area contributed by atoms with Crippen molar-refractivity contribution >= 4 is 0 Å². The van der Waals surface area contributed by atoms with Gasteiger partial charge in [-0.25, -0.2) is 0 Å². The number of benzene rings is 1. The van der Waals surface area contributed by atoms with E-state index in [0.717, 1.165) is 18.7 Å². The molecule has 1 heterocycles. The van der Waals surface area contributed by atoms with Gasteiger partial charge in [0.05, 0.1) is 0 Å². The molecule has 0 N–H and O–H groups in total. The first-order chi connectivity index (χ1) is 9.18. The molecule has 1 aromatic carbocycles. The van der Waals surface area contributed by atoms with E-state index in [1.54, 1.807) is 0 Å². The molecule has 2 heteroatoms. The highest BCUT2D eigenvalue weighted by atomic mass is 16.5. The predicted molar refractivity (Wildman–Crippen MR) is 85.2 cm³/mol. The fraction of sp³-hybridized carbons (Fsp3) is 0.667. The Morgan fingerprint density at radius 3 is 2.05 bits per heavy atom. The van der Waals surface area contributed by atoms with E-state index in [4.69, 9.17) is 4.74 Å². The zero-order chi connectivity index (χ0) is 15.0. The zero-order valence-corrected chi connectivity index (χ0v) is 13.8. The number of likely N-dealkylation sites (tertiary alicyclic amines) is 1. The van der Waals surface area contributed by atoms with Crippen molar-refractivity contribution in [2.24, 2.45) is 5.41 Å². The molecule has 1 fully saturated rings. The van der Waals surface area contributed by atoms with Gasteiger partial charge in [-0.3, -0.25) is 4.90 Å². The van der Waals surface area contributed by atoms with E-state index in [1.807, 2.05) is 30.3 Å². The molecule has 0 aromatic heterocycles. The molecule has 0 aliphatic carbocycles. The van der Waals surface area contributed by atoms with E-state index >= 15 is 0 Å². The lowest BCUT2D eigenvalue weighted by Crippen LogP contribution is -2.49. The van der Waals surface area contributed by atoms with E-state index in [1.165, 1.54) is 0 Å². The van der Waals surface area contributed by atoms with E-state index in [-0.39, 0.29) is 11.0 Å². The smallest absolute Gasteiger partial charge is 0.119 e. The Kier molecular flexibility index (Phi) is 4.15. The standard InChI is InChI=1S/C18H29NO/c1-17(2,3)16-12-15(13-19(16)18(4,5)6)20-14-10-8-7-9-11-14/h7-11,15-16H,12-13H2,1-6H3. The highest BCUT2D eigenvalue weighted by Gasteiger charge is 2.44. The average molecular weight is 275 g/mol. The maximum atomic E-state index is 6.18. The highest BCUT2D eigenvalue weighted by molar-refractivity contribution is 5.21. The molecule has 0 radical (unpaired) electrons. The van der Waals surface area contributed by atoms with Crippen LogP contribution in [0.5, 0.6) is 5.75 Å². The summed E-state index contributed by atoms with van der Waals surface area (Å²) >= 11 is 0. The van der Waals surface area contributed by atoms with Crippen molar-refractivity contribution in [3.63, 3.8) is 0 Å². The minimum atomic E-state index is 0.187. The molecule has 0 saturated carbocycles. The molecule has 1 saturated heterocycles. The van der Waals surface area contributed by atoms with Crippen LogP contribution in [0.1, 0.15) is 48.0 Å².